The van der Waals surface area contributed by atoms with Crippen LogP contribution in [0, 0.1) is 17.4 Å². The fourth-order valence-electron chi connectivity index (χ4n) is 2.56. The summed E-state index contributed by atoms with van der Waals surface area (Å²) in [6.07, 6.45) is 0. The Morgan fingerprint density at radius 1 is 1.07 bits per heavy atom. The van der Waals surface area contributed by atoms with Gasteiger partial charge in [0, 0.05) is 21.9 Å². The molecule has 3 aromatic rings. The van der Waals surface area contributed by atoms with Crippen LogP contribution in [0.4, 0.5) is 0 Å². The summed E-state index contributed by atoms with van der Waals surface area (Å²) >= 11 is 2.11. The predicted octanol–water partition coefficient (Wildman–Crippen LogP) is 1.63. The smallest absolute Gasteiger partial charge is 0.266 e. The molecule has 0 radical (unpaired) electrons. The Bertz CT molecular complexity index is 1120. The second kappa shape index (κ2) is 7.90. The maximum Gasteiger partial charge on any atom is 0.266 e. The largest absolute Gasteiger partial charge is 0.268 e. The van der Waals surface area contributed by atoms with Crippen molar-refractivity contribution in [3.8, 4) is 5.82 Å². The van der Waals surface area contributed by atoms with Crippen molar-refractivity contribution in [1.29, 1.82) is 0 Å². The van der Waals surface area contributed by atoms with Crippen LogP contribution in [0.3, 0.4) is 0 Å². The van der Waals surface area contributed by atoms with Gasteiger partial charge in [-0.1, -0.05) is 0 Å². The number of halogens is 1. The Hall–Kier alpha value is -2.05. The summed E-state index contributed by atoms with van der Waals surface area (Å²) in [5.41, 5.74) is 1.43. The first kappa shape index (κ1) is 19.7. The summed E-state index contributed by atoms with van der Waals surface area (Å²) in [4.78, 5) is 12.2. The Kier molecular flexibility index (Phi) is 5.77. The fourth-order valence-corrected chi connectivity index (χ4v) is 3.94. The lowest BCUT2D eigenvalue weighted by atomic mass is 10.4. The average Bonchev–Trinajstić information content (AvgIpc) is 2.95. The molecule has 0 fully saturated rings. The molecular weight excluding hydrogens is 481 g/mol. The Morgan fingerprint density at radius 2 is 1.78 bits per heavy atom. The zero-order chi connectivity index (χ0) is 19.6. The van der Waals surface area contributed by atoms with E-state index in [9.17, 15) is 13.2 Å². The molecule has 1 N–H and O–H groups in total. The number of rotatable bonds is 6. The Labute approximate surface area is 170 Å². The van der Waals surface area contributed by atoms with Crippen LogP contribution >= 0.6 is 22.6 Å². The zero-order valence-corrected chi connectivity index (χ0v) is 17.7. The summed E-state index contributed by atoms with van der Waals surface area (Å²) in [6.45, 7) is 3.92. The van der Waals surface area contributed by atoms with E-state index in [1.165, 1.54) is 22.9 Å². The molecule has 27 heavy (non-hydrogen) atoms. The standard InChI is InChI=1S/C17H18IN5O3S/c1-12-11-13(2)23(20-12)16-7-8-17(24)22(21-16)10-9-19-27(25,26)15-5-3-14(18)4-6-15/h3-8,11,19H,9-10H2,1-2H3. The highest BCUT2D eigenvalue weighted by molar-refractivity contribution is 14.1. The predicted molar refractivity (Wildman–Crippen MR) is 109 cm³/mol. The normalized spacial score (nSPS) is 11.7. The molecule has 1 aromatic carbocycles. The van der Waals surface area contributed by atoms with Gasteiger partial charge in [-0.3, -0.25) is 4.79 Å². The molecule has 0 amide bonds. The van der Waals surface area contributed by atoms with Gasteiger partial charge in [0.25, 0.3) is 5.56 Å². The Morgan fingerprint density at radius 3 is 2.41 bits per heavy atom. The SMILES string of the molecule is Cc1cc(C)n(-c2ccc(=O)n(CCNS(=O)(=O)c3ccc(I)cc3)n2)n1. The topological polar surface area (TPSA) is 98.9 Å². The van der Waals surface area contributed by atoms with E-state index < -0.39 is 10.0 Å². The summed E-state index contributed by atoms with van der Waals surface area (Å²) in [5.74, 6) is 0.501. The fraction of sp³-hybridized carbons (Fsp3) is 0.235. The molecule has 0 spiro atoms. The van der Waals surface area contributed by atoms with E-state index in [-0.39, 0.29) is 23.5 Å². The highest BCUT2D eigenvalue weighted by Gasteiger charge is 2.13. The minimum atomic E-state index is -3.64. The van der Waals surface area contributed by atoms with E-state index in [4.69, 9.17) is 0 Å². The van der Waals surface area contributed by atoms with Gasteiger partial charge in [-0.15, -0.1) is 5.10 Å². The van der Waals surface area contributed by atoms with E-state index in [0.717, 1.165) is 15.0 Å². The van der Waals surface area contributed by atoms with Gasteiger partial charge in [0.05, 0.1) is 17.1 Å². The van der Waals surface area contributed by atoms with Crippen LogP contribution in [0.1, 0.15) is 11.4 Å². The molecule has 2 aromatic heterocycles. The van der Waals surface area contributed by atoms with E-state index in [2.05, 4.69) is 37.5 Å². The van der Waals surface area contributed by atoms with Crippen molar-refractivity contribution >= 4 is 32.6 Å². The number of hydrogen-bond acceptors (Lipinski definition) is 5. The van der Waals surface area contributed by atoms with Crippen molar-refractivity contribution in [2.75, 3.05) is 6.54 Å². The molecule has 8 nitrogen and oxygen atoms in total. The third-order valence-corrected chi connectivity index (χ3v) is 6.01. The van der Waals surface area contributed by atoms with Crippen LogP contribution < -0.4 is 10.3 Å². The number of benzene rings is 1. The van der Waals surface area contributed by atoms with Gasteiger partial charge in [0.2, 0.25) is 10.0 Å². The van der Waals surface area contributed by atoms with Crippen molar-refractivity contribution in [3.05, 3.63) is 67.8 Å². The monoisotopic (exact) mass is 499 g/mol. The molecular formula is C17H18IN5O3S. The van der Waals surface area contributed by atoms with Crippen LogP contribution in [-0.4, -0.2) is 34.5 Å². The molecule has 0 saturated heterocycles. The number of aromatic nitrogens is 4. The van der Waals surface area contributed by atoms with Crippen molar-refractivity contribution in [2.24, 2.45) is 0 Å². The first-order valence-electron chi connectivity index (χ1n) is 8.13. The van der Waals surface area contributed by atoms with E-state index in [1.807, 2.05) is 19.9 Å². The maximum atomic E-state index is 12.3. The van der Waals surface area contributed by atoms with Crippen LogP contribution in [0.5, 0.6) is 0 Å². The summed E-state index contributed by atoms with van der Waals surface area (Å²) < 4.78 is 30.9. The molecule has 0 aliphatic heterocycles. The molecule has 2 heterocycles. The molecule has 0 aliphatic rings. The van der Waals surface area contributed by atoms with E-state index >= 15 is 0 Å². The molecule has 10 heteroatoms. The lowest BCUT2D eigenvalue weighted by Gasteiger charge is -2.10. The minimum absolute atomic E-state index is 0.0434. The van der Waals surface area contributed by atoms with Gasteiger partial charge >= 0.3 is 0 Å². The molecule has 0 atom stereocenters. The second-order valence-corrected chi connectivity index (χ2v) is 8.96. The van der Waals surface area contributed by atoms with Crippen LogP contribution in [0.15, 0.2) is 52.2 Å². The van der Waals surface area contributed by atoms with Gasteiger partial charge in [-0.2, -0.15) is 5.10 Å². The van der Waals surface area contributed by atoms with Gasteiger partial charge in [0.15, 0.2) is 5.82 Å². The molecule has 0 aliphatic carbocycles. The minimum Gasteiger partial charge on any atom is -0.268 e. The summed E-state index contributed by atoms with van der Waals surface area (Å²) in [5, 5.41) is 8.63. The number of sulfonamides is 1. The van der Waals surface area contributed by atoms with Crippen LogP contribution in [0.2, 0.25) is 0 Å². The first-order valence-corrected chi connectivity index (χ1v) is 10.7. The number of hydrogen-bond donors (Lipinski definition) is 1. The molecule has 142 valence electrons. The van der Waals surface area contributed by atoms with Crippen molar-refractivity contribution in [3.63, 3.8) is 0 Å². The lowest BCUT2D eigenvalue weighted by Crippen LogP contribution is -2.32. The third kappa shape index (κ3) is 4.62. The zero-order valence-electron chi connectivity index (χ0n) is 14.8. The lowest BCUT2D eigenvalue weighted by molar-refractivity contribution is 0.541. The molecule has 0 bridgehead atoms. The highest BCUT2D eigenvalue weighted by atomic mass is 127. The quantitative estimate of drug-likeness (QED) is 0.520. The van der Waals surface area contributed by atoms with Crippen LogP contribution in [0.25, 0.3) is 5.82 Å². The van der Waals surface area contributed by atoms with Gasteiger partial charge < -0.3 is 0 Å². The molecule has 0 saturated carbocycles. The second-order valence-electron chi connectivity index (χ2n) is 5.94. The van der Waals surface area contributed by atoms with Crippen LogP contribution in [-0.2, 0) is 16.6 Å². The number of nitrogens with one attached hydrogen (secondary N) is 1. The maximum absolute atomic E-state index is 12.3. The Balaban J connectivity index is 1.74. The van der Waals surface area contributed by atoms with Gasteiger partial charge in [-0.25, -0.2) is 22.5 Å². The van der Waals surface area contributed by atoms with E-state index in [1.54, 1.807) is 22.9 Å². The van der Waals surface area contributed by atoms with Crippen molar-refractivity contribution in [1.82, 2.24) is 24.3 Å². The molecule has 0 unspecified atom stereocenters. The number of aryl methyl sites for hydroxylation is 2. The van der Waals surface area contributed by atoms with Crippen molar-refractivity contribution in [2.45, 2.75) is 25.3 Å². The first-order chi connectivity index (χ1) is 12.8. The van der Waals surface area contributed by atoms with Gasteiger partial charge in [-0.05, 0) is 72.8 Å². The average molecular weight is 499 g/mol. The highest BCUT2D eigenvalue weighted by Crippen LogP contribution is 2.12. The summed E-state index contributed by atoms with van der Waals surface area (Å²) in [7, 11) is -3.64. The third-order valence-electron chi connectivity index (χ3n) is 3.82. The number of nitrogens with zero attached hydrogens (tertiary/aromatic N) is 4. The summed E-state index contributed by atoms with van der Waals surface area (Å²) in [6, 6.07) is 11.4. The van der Waals surface area contributed by atoms with Gasteiger partial charge in [0.1, 0.15) is 0 Å². The van der Waals surface area contributed by atoms with E-state index in [0.29, 0.717) is 5.82 Å². The van der Waals surface area contributed by atoms with Crippen molar-refractivity contribution < 1.29 is 8.42 Å². The molecule has 3 rings (SSSR count).